The maximum Gasteiger partial charge on any atom is 0.306 e. The Morgan fingerprint density at radius 1 is 1.00 bits per heavy atom. The highest BCUT2D eigenvalue weighted by Crippen LogP contribution is 2.39. The number of carbonyl (C=O) groups is 3. The topological polar surface area (TPSA) is 69.7 Å². The molecule has 0 saturated heterocycles. The predicted molar refractivity (Wildman–Crippen MR) is 139 cm³/mol. The van der Waals surface area contributed by atoms with Gasteiger partial charge in [-0.05, 0) is 51.0 Å². The van der Waals surface area contributed by atoms with E-state index in [4.69, 9.17) is 9.47 Å². The van der Waals surface area contributed by atoms with Crippen LogP contribution in [-0.2, 0) is 30.5 Å². The molecule has 1 aromatic rings. The Morgan fingerprint density at radius 2 is 1.70 bits per heavy atom. The number of halogens is 2. The van der Waals surface area contributed by atoms with Crippen LogP contribution < -0.4 is 0 Å². The van der Waals surface area contributed by atoms with Crippen LogP contribution in [0.1, 0.15) is 103 Å². The summed E-state index contributed by atoms with van der Waals surface area (Å²) in [5, 5.41) is 0. The Labute approximate surface area is 220 Å². The van der Waals surface area contributed by atoms with Gasteiger partial charge in [0.05, 0.1) is 12.2 Å². The van der Waals surface area contributed by atoms with Crippen LogP contribution in [0.4, 0.5) is 8.78 Å². The molecule has 0 amide bonds. The maximum absolute atomic E-state index is 14.2. The molecular formula is C30H44F2O5. The van der Waals surface area contributed by atoms with E-state index in [0.717, 1.165) is 31.2 Å². The van der Waals surface area contributed by atoms with Crippen molar-refractivity contribution in [1.82, 2.24) is 0 Å². The summed E-state index contributed by atoms with van der Waals surface area (Å²) in [6, 6.07) is 9.54. The molecular weight excluding hydrogens is 478 g/mol. The number of carbonyl (C=O) groups excluding carboxylic acids is 3. The monoisotopic (exact) mass is 522 g/mol. The fraction of sp³-hybridized carbons (Fsp3) is 0.700. The van der Waals surface area contributed by atoms with E-state index in [2.05, 4.69) is 0 Å². The summed E-state index contributed by atoms with van der Waals surface area (Å²) < 4.78 is 39.6. The largest absolute Gasteiger partial charge is 0.461 e. The average molecular weight is 523 g/mol. The second-order valence-electron chi connectivity index (χ2n) is 10.5. The molecule has 0 heterocycles. The smallest absolute Gasteiger partial charge is 0.306 e. The van der Waals surface area contributed by atoms with E-state index >= 15 is 0 Å². The molecule has 0 N–H and O–H groups in total. The molecule has 37 heavy (non-hydrogen) atoms. The summed E-state index contributed by atoms with van der Waals surface area (Å²) in [7, 11) is 0. The molecule has 1 aromatic carbocycles. The van der Waals surface area contributed by atoms with Gasteiger partial charge in [-0.15, -0.1) is 0 Å². The number of alkyl halides is 2. The standard InChI is InChI=1S/C30H44F2O5/c1-4-5-19-30(31,32)28(34)18-17-25-24(26(33)20-27(25)37-22(2)3)15-11-6-7-12-16-29(35)36-21-23-13-9-8-10-14-23/h8-10,13-14,22,24-25,27H,4-7,11-12,15-21H2,1-3H3/t24-,25-,27-/m1/s1. The Bertz CT molecular complexity index is 840. The fourth-order valence-corrected chi connectivity index (χ4v) is 5.08. The van der Waals surface area contributed by atoms with Crippen LogP contribution in [0.5, 0.6) is 0 Å². The molecule has 1 aliphatic rings. The number of ketones is 2. The summed E-state index contributed by atoms with van der Waals surface area (Å²) in [4.78, 5) is 37.0. The fourth-order valence-electron chi connectivity index (χ4n) is 5.08. The first-order valence-electron chi connectivity index (χ1n) is 13.9. The SMILES string of the molecule is CCCCC(F)(F)C(=O)CC[C@H]1[C@H](OC(C)C)CC(=O)[C@@H]1CCCCCCC(=O)OCc1ccccc1. The molecule has 1 fully saturated rings. The molecule has 0 spiro atoms. The minimum atomic E-state index is -3.30. The van der Waals surface area contributed by atoms with Gasteiger partial charge in [0.1, 0.15) is 12.4 Å². The van der Waals surface area contributed by atoms with E-state index in [1.807, 2.05) is 51.1 Å². The first kappa shape index (κ1) is 31.1. The van der Waals surface area contributed by atoms with E-state index in [9.17, 15) is 23.2 Å². The minimum absolute atomic E-state index is 0.0811. The van der Waals surface area contributed by atoms with Crippen LogP contribution in [0, 0.1) is 11.8 Å². The van der Waals surface area contributed by atoms with Gasteiger partial charge in [-0.3, -0.25) is 14.4 Å². The van der Waals surface area contributed by atoms with E-state index in [1.54, 1.807) is 0 Å². The molecule has 1 aliphatic carbocycles. The number of esters is 1. The molecule has 2 rings (SSSR count). The van der Waals surface area contributed by atoms with Crippen molar-refractivity contribution in [3.8, 4) is 0 Å². The number of hydrogen-bond acceptors (Lipinski definition) is 5. The highest BCUT2D eigenvalue weighted by molar-refractivity contribution is 5.86. The van der Waals surface area contributed by atoms with Crippen LogP contribution in [0.3, 0.4) is 0 Å². The highest BCUT2D eigenvalue weighted by atomic mass is 19.3. The summed E-state index contributed by atoms with van der Waals surface area (Å²) in [5.74, 6) is -4.92. The quantitative estimate of drug-likeness (QED) is 0.150. The third kappa shape index (κ3) is 11.0. The van der Waals surface area contributed by atoms with Crippen molar-refractivity contribution in [2.24, 2.45) is 11.8 Å². The molecule has 0 radical (unpaired) electrons. The third-order valence-corrected chi connectivity index (χ3v) is 7.10. The van der Waals surface area contributed by atoms with Gasteiger partial charge in [-0.1, -0.05) is 62.9 Å². The van der Waals surface area contributed by atoms with Gasteiger partial charge in [0.2, 0.25) is 5.78 Å². The molecule has 7 heteroatoms. The second kappa shape index (κ2) is 16.0. The Balaban J connectivity index is 1.77. The van der Waals surface area contributed by atoms with Crippen molar-refractivity contribution in [2.75, 3.05) is 0 Å². The number of hydrogen-bond donors (Lipinski definition) is 0. The van der Waals surface area contributed by atoms with Gasteiger partial charge in [-0.25, -0.2) is 0 Å². The van der Waals surface area contributed by atoms with Crippen LogP contribution in [0.15, 0.2) is 30.3 Å². The van der Waals surface area contributed by atoms with E-state index in [1.165, 1.54) is 0 Å². The number of unbranched alkanes of at least 4 members (excludes halogenated alkanes) is 4. The Hall–Kier alpha value is -2.15. The van der Waals surface area contributed by atoms with E-state index in [-0.39, 0.29) is 61.7 Å². The lowest BCUT2D eigenvalue weighted by Gasteiger charge is -2.26. The second-order valence-corrected chi connectivity index (χ2v) is 10.5. The van der Waals surface area contributed by atoms with Crippen molar-refractivity contribution >= 4 is 17.5 Å². The summed E-state index contributed by atoms with van der Waals surface area (Å²) in [6.07, 6.45) is 4.66. The summed E-state index contributed by atoms with van der Waals surface area (Å²) in [6.45, 7) is 5.88. The van der Waals surface area contributed by atoms with Crippen molar-refractivity contribution in [1.29, 1.82) is 0 Å². The number of rotatable bonds is 18. The zero-order valence-electron chi connectivity index (χ0n) is 22.7. The maximum atomic E-state index is 14.2. The molecule has 1 saturated carbocycles. The first-order chi connectivity index (χ1) is 17.6. The average Bonchev–Trinajstić information content (AvgIpc) is 3.15. The molecule has 3 atom stereocenters. The van der Waals surface area contributed by atoms with Gasteiger partial charge in [0.15, 0.2) is 0 Å². The molecule has 0 aliphatic heterocycles. The van der Waals surface area contributed by atoms with Crippen molar-refractivity contribution in [3.63, 3.8) is 0 Å². The lowest BCUT2D eigenvalue weighted by atomic mass is 9.84. The molecule has 0 unspecified atom stereocenters. The van der Waals surface area contributed by atoms with Crippen LogP contribution in [-0.4, -0.2) is 35.7 Å². The van der Waals surface area contributed by atoms with Gasteiger partial charge < -0.3 is 9.47 Å². The number of benzene rings is 1. The van der Waals surface area contributed by atoms with Gasteiger partial charge in [0.25, 0.3) is 0 Å². The summed E-state index contributed by atoms with van der Waals surface area (Å²) >= 11 is 0. The van der Waals surface area contributed by atoms with Crippen LogP contribution in [0.2, 0.25) is 0 Å². The zero-order valence-corrected chi connectivity index (χ0v) is 22.7. The molecule has 0 aromatic heterocycles. The van der Waals surface area contributed by atoms with Gasteiger partial charge in [0, 0.05) is 31.6 Å². The predicted octanol–water partition coefficient (Wildman–Crippen LogP) is 7.24. The molecule has 0 bridgehead atoms. The van der Waals surface area contributed by atoms with Crippen molar-refractivity contribution in [3.05, 3.63) is 35.9 Å². The van der Waals surface area contributed by atoms with Crippen molar-refractivity contribution < 1.29 is 32.6 Å². The highest BCUT2D eigenvalue weighted by Gasteiger charge is 2.44. The van der Waals surface area contributed by atoms with Gasteiger partial charge in [-0.2, -0.15) is 8.78 Å². The van der Waals surface area contributed by atoms with Crippen LogP contribution in [0.25, 0.3) is 0 Å². The zero-order chi connectivity index (χ0) is 27.3. The summed E-state index contributed by atoms with van der Waals surface area (Å²) in [5.41, 5.74) is 0.956. The normalized spacial score (nSPS) is 19.9. The lowest BCUT2D eigenvalue weighted by molar-refractivity contribution is -0.145. The van der Waals surface area contributed by atoms with Gasteiger partial charge >= 0.3 is 11.9 Å². The van der Waals surface area contributed by atoms with E-state index in [0.29, 0.717) is 25.7 Å². The molecule has 5 nitrogen and oxygen atoms in total. The Morgan fingerprint density at radius 3 is 2.38 bits per heavy atom. The third-order valence-electron chi connectivity index (χ3n) is 7.10. The number of Topliss-reactive ketones (excluding diaryl/α,β-unsaturated/α-hetero) is 2. The Kier molecular flexibility index (Phi) is 13.4. The first-order valence-corrected chi connectivity index (χ1v) is 13.9. The minimum Gasteiger partial charge on any atom is -0.461 e. The number of ether oxygens (including phenoxy) is 2. The lowest BCUT2D eigenvalue weighted by Crippen LogP contribution is -2.31. The van der Waals surface area contributed by atoms with E-state index < -0.39 is 18.1 Å². The van der Waals surface area contributed by atoms with Crippen LogP contribution >= 0.6 is 0 Å². The molecule has 208 valence electrons. The van der Waals surface area contributed by atoms with Crippen molar-refractivity contribution in [2.45, 2.75) is 123 Å².